The third-order valence-electron chi connectivity index (χ3n) is 7.00. The van der Waals surface area contributed by atoms with Crippen molar-refractivity contribution in [2.45, 2.75) is 38.0 Å². The quantitative estimate of drug-likeness (QED) is 0.332. The van der Waals surface area contributed by atoms with Crippen molar-refractivity contribution in [1.82, 2.24) is 19.6 Å². The van der Waals surface area contributed by atoms with Gasteiger partial charge in [-0.15, -0.1) is 0 Å². The lowest BCUT2D eigenvalue weighted by atomic mass is 9.95. The molecular formula is C27H27F3N4O3Si. The standard InChI is InChI=1S/C27H27F3N4O3Si/c1-35-19-12-10-18(11-13-19)33-23-20(14-37-26(23)15-36-16-26)22(31-33)21-24(27(28,29)30)34(17-8-6-5-7-9-17)32-25(21)38(2,3)4/h5-13H,14-16H2,1-4H3. The zero-order valence-electron chi connectivity index (χ0n) is 21.5. The lowest BCUT2D eigenvalue weighted by Gasteiger charge is -2.37. The average molecular weight is 541 g/mol. The maximum absolute atomic E-state index is 14.9. The molecule has 1 fully saturated rings. The highest BCUT2D eigenvalue weighted by molar-refractivity contribution is 6.89. The van der Waals surface area contributed by atoms with E-state index in [1.807, 2.05) is 31.8 Å². The number of fused-ring (bicyclic) bond motifs is 2. The zero-order chi connectivity index (χ0) is 26.9. The van der Waals surface area contributed by atoms with Gasteiger partial charge in [0.2, 0.25) is 0 Å². The Balaban J connectivity index is 1.67. The predicted octanol–water partition coefficient (Wildman–Crippen LogP) is 5.05. The van der Waals surface area contributed by atoms with Crippen molar-refractivity contribution in [2.24, 2.45) is 0 Å². The highest BCUT2D eigenvalue weighted by Gasteiger charge is 2.53. The molecule has 0 radical (unpaired) electrons. The summed E-state index contributed by atoms with van der Waals surface area (Å²) in [6, 6.07) is 15.7. The van der Waals surface area contributed by atoms with Crippen molar-refractivity contribution >= 4 is 13.4 Å². The summed E-state index contributed by atoms with van der Waals surface area (Å²) in [4.78, 5) is 0. The van der Waals surface area contributed by atoms with Gasteiger partial charge in [0.1, 0.15) is 19.5 Å². The van der Waals surface area contributed by atoms with E-state index in [4.69, 9.17) is 19.3 Å². The fourth-order valence-electron chi connectivity index (χ4n) is 5.14. The van der Waals surface area contributed by atoms with Gasteiger partial charge in [0.05, 0.1) is 54.9 Å². The minimum absolute atomic E-state index is 0.0323. The van der Waals surface area contributed by atoms with Crippen LogP contribution in [0.4, 0.5) is 13.2 Å². The minimum atomic E-state index is -4.68. The summed E-state index contributed by atoms with van der Waals surface area (Å²) in [7, 11) is -0.814. The molecule has 2 aliphatic rings. The van der Waals surface area contributed by atoms with Gasteiger partial charge < -0.3 is 14.2 Å². The van der Waals surface area contributed by atoms with E-state index in [0.29, 0.717) is 41.2 Å². The Morgan fingerprint density at radius 2 is 1.58 bits per heavy atom. The zero-order valence-corrected chi connectivity index (χ0v) is 22.5. The van der Waals surface area contributed by atoms with E-state index in [9.17, 15) is 13.2 Å². The monoisotopic (exact) mass is 540 g/mol. The Morgan fingerprint density at radius 1 is 0.921 bits per heavy atom. The molecule has 198 valence electrons. The van der Waals surface area contributed by atoms with Crippen LogP contribution in [0, 0.1) is 0 Å². The molecule has 0 atom stereocenters. The molecule has 0 saturated carbocycles. The number of hydrogen-bond donors (Lipinski definition) is 0. The highest BCUT2D eigenvalue weighted by atomic mass is 28.3. The van der Waals surface area contributed by atoms with Crippen LogP contribution in [-0.4, -0.2) is 48.0 Å². The SMILES string of the molecule is COc1ccc(-n2nc(-c3c([Si](C)(C)C)nn(-c4ccccc4)c3C(F)(F)F)c3c2C2(COC2)OC3)cc1. The molecule has 6 rings (SSSR count). The van der Waals surface area contributed by atoms with Crippen LogP contribution >= 0.6 is 0 Å². The van der Waals surface area contributed by atoms with E-state index in [1.165, 1.54) is 0 Å². The summed E-state index contributed by atoms with van der Waals surface area (Å²) in [5.41, 5.74) is 1.13. The molecule has 1 spiro atoms. The average Bonchev–Trinajstić information content (AvgIpc) is 3.55. The Morgan fingerprint density at radius 3 is 2.13 bits per heavy atom. The first kappa shape index (κ1) is 24.9. The van der Waals surface area contributed by atoms with E-state index in [1.54, 1.807) is 54.3 Å². The Labute approximate surface area is 218 Å². The molecule has 2 aromatic carbocycles. The fourth-order valence-corrected chi connectivity index (χ4v) is 6.52. The van der Waals surface area contributed by atoms with Gasteiger partial charge in [-0.1, -0.05) is 37.8 Å². The topological polar surface area (TPSA) is 63.3 Å². The molecule has 38 heavy (non-hydrogen) atoms. The van der Waals surface area contributed by atoms with E-state index >= 15 is 0 Å². The summed E-state index contributed by atoms with van der Waals surface area (Å²) >= 11 is 0. The van der Waals surface area contributed by atoms with E-state index in [-0.39, 0.29) is 17.9 Å². The van der Waals surface area contributed by atoms with E-state index in [2.05, 4.69) is 5.10 Å². The molecule has 1 saturated heterocycles. The minimum Gasteiger partial charge on any atom is -0.497 e. The molecule has 4 aromatic rings. The van der Waals surface area contributed by atoms with E-state index < -0.39 is 25.5 Å². The molecule has 2 aromatic heterocycles. The summed E-state index contributed by atoms with van der Waals surface area (Å²) < 4.78 is 64.5. The lowest BCUT2D eigenvalue weighted by Crippen LogP contribution is -2.47. The first-order valence-corrected chi connectivity index (χ1v) is 15.8. The second-order valence-corrected chi connectivity index (χ2v) is 15.6. The molecule has 4 heterocycles. The number of rotatable bonds is 5. The van der Waals surface area contributed by atoms with Gasteiger partial charge in [-0.05, 0) is 36.4 Å². The number of benzene rings is 2. The second kappa shape index (κ2) is 8.55. The molecule has 11 heteroatoms. The Hall–Kier alpha value is -3.41. The van der Waals surface area contributed by atoms with Crippen molar-refractivity contribution in [1.29, 1.82) is 0 Å². The second-order valence-electron chi connectivity index (χ2n) is 10.6. The predicted molar refractivity (Wildman–Crippen MR) is 138 cm³/mol. The van der Waals surface area contributed by atoms with Crippen molar-refractivity contribution < 1.29 is 27.4 Å². The van der Waals surface area contributed by atoms with Crippen LogP contribution in [-0.2, 0) is 27.9 Å². The van der Waals surface area contributed by atoms with Crippen LogP contribution in [0.3, 0.4) is 0 Å². The van der Waals surface area contributed by atoms with Gasteiger partial charge in [0, 0.05) is 5.56 Å². The van der Waals surface area contributed by atoms with Gasteiger partial charge in [0.25, 0.3) is 0 Å². The number of nitrogens with zero attached hydrogens (tertiary/aromatic N) is 4. The normalized spacial score (nSPS) is 16.5. The van der Waals surface area contributed by atoms with Crippen LogP contribution in [0.25, 0.3) is 22.6 Å². The maximum Gasteiger partial charge on any atom is 0.434 e. The molecule has 0 N–H and O–H groups in total. The van der Waals surface area contributed by atoms with Crippen LogP contribution in [0.2, 0.25) is 19.6 Å². The third kappa shape index (κ3) is 3.79. The van der Waals surface area contributed by atoms with E-state index in [0.717, 1.165) is 10.4 Å². The van der Waals surface area contributed by atoms with Crippen LogP contribution < -0.4 is 10.1 Å². The van der Waals surface area contributed by atoms with Gasteiger partial charge in [-0.3, -0.25) is 0 Å². The molecular weight excluding hydrogens is 513 g/mol. The lowest BCUT2D eigenvalue weighted by molar-refractivity contribution is -0.212. The number of para-hydroxylation sites is 1. The number of halogens is 3. The van der Waals surface area contributed by atoms with Gasteiger partial charge >= 0.3 is 6.18 Å². The molecule has 0 bridgehead atoms. The number of ether oxygens (including phenoxy) is 3. The number of methoxy groups -OCH3 is 1. The van der Waals surface area contributed by atoms with Crippen LogP contribution in [0.1, 0.15) is 17.0 Å². The molecule has 2 aliphatic heterocycles. The van der Waals surface area contributed by atoms with Gasteiger partial charge in [-0.2, -0.15) is 23.4 Å². The molecule has 7 nitrogen and oxygen atoms in total. The van der Waals surface area contributed by atoms with Crippen LogP contribution in [0.5, 0.6) is 5.75 Å². The summed E-state index contributed by atoms with van der Waals surface area (Å²) in [6.07, 6.45) is -4.68. The first-order chi connectivity index (χ1) is 18.0. The number of aromatic nitrogens is 4. The van der Waals surface area contributed by atoms with Crippen molar-refractivity contribution in [3.05, 3.63) is 71.5 Å². The number of alkyl halides is 3. The smallest absolute Gasteiger partial charge is 0.434 e. The number of hydrogen-bond acceptors (Lipinski definition) is 5. The Kier molecular flexibility index (Phi) is 5.60. The summed E-state index contributed by atoms with van der Waals surface area (Å²) in [6.45, 7) is 6.75. The molecule has 0 unspecified atom stereocenters. The fraction of sp³-hybridized carbons (Fsp3) is 0.333. The van der Waals surface area contributed by atoms with Crippen LogP contribution in [0.15, 0.2) is 54.6 Å². The van der Waals surface area contributed by atoms with Crippen molar-refractivity contribution in [3.63, 3.8) is 0 Å². The van der Waals surface area contributed by atoms with Gasteiger partial charge in [0.15, 0.2) is 11.3 Å². The summed E-state index contributed by atoms with van der Waals surface area (Å²) in [5, 5.41) is 9.94. The first-order valence-electron chi connectivity index (χ1n) is 12.3. The maximum atomic E-state index is 14.9. The van der Waals surface area contributed by atoms with Crippen molar-refractivity contribution in [2.75, 3.05) is 20.3 Å². The van der Waals surface area contributed by atoms with Crippen molar-refractivity contribution in [3.8, 4) is 28.4 Å². The van der Waals surface area contributed by atoms with Gasteiger partial charge in [-0.25, -0.2) is 9.36 Å². The summed E-state index contributed by atoms with van der Waals surface area (Å²) in [5.74, 6) is 0.667. The Bertz CT molecular complexity index is 1500. The highest BCUT2D eigenvalue weighted by Crippen LogP contribution is 2.48. The largest absolute Gasteiger partial charge is 0.497 e. The molecule has 0 aliphatic carbocycles. The third-order valence-corrected chi connectivity index (χ3v) is 8.77. The molecule has 0 amide bonds.